The number of hydrogen-bond acceptors (Lipinski definition) is 4. The summed E-state index contributed by atoms with van der Waals surface area (Å²) in [6.45, 7) is 3.05. The molecule has 1 heterocycles. The van der Waals surface area contributed by atoms with Gasteiger partial charge in [-0.1, -0.05) is 0 Å². The predicted molar refractivity (Wildman–Crippen MR) is 45.3 cm³/mol. The van der Waals surface area contributed by atoms with Crippen molar-refractivity contribution in [2.24, 2.45) is 5.14 Å². The molecule has 6 nitrogen and oxygen atoms in total. The number of nitrogens with one attached hydrogen (secondary N) is 1. The Balaban J connectivity index is 2.36. The van der Waals surface area contributed by atoms with E-state index in [2.05, 4.69) is 9.73 Å². The van der Waals surface area contributed by atoms with Crippen LogP contribution in [0.5, 0.6) is 0 Å². The summed E-state index contributed by atoms with van der Waals surface area (Å²) in [5.41, 5.74) is 0. The Hall–Kier alpha value is -0.210. The van der Waals surface area contributed by atoms with E-state index in [1.807, 2.05) is 7.05 Å². The van der Waals surface area contributed by atoms with Gasteiger partial charge in [0.2, 0.25) is 0 Å². The Morgan fingerprint density at radius 3 is 2.17 bits per heavy atom. The van der Waals surface area contributed by atoms with E-state index in [4.69, 9.17) is 5.14 Å². The molecule has 0 radical (unpaired) electrons. The minimum absolute atomic E-state index is 0.674. The fourth-order valence-electron chi connectivity index (χ4n) is 1.08. The van der Waals surface area contributed by atoms with Gasteiger partial charge in [0.1, 0.15) is 0 Å². The lowest BCUT2D eigenvalue weighted by Gasteiger charge is -2.31. The summed E-state index contributed by atoms with van der Waals surface area (Å²) in [5, 5.41) is 6.41. The third-order valence-electron chi connectivity index (χ3n) is 1.76. The summed E-state index contributed by atoms with van der Waals surface area (Å²) in [7, 11) is -1.59. The Morgan fingerprint density at radius 1 is 1.25 bits per heavy atom. The highest BCUT2D eigenvalue weighted by Gasteiger charge is 2.16. The molecule has 0 unspecified atom stereocenters. The highest BCUT2D eigenvalue weighted by atomic mass is 32.2. The zero-order chi connectivity index (χ0) is 9.19. The normalized spacial score (nSPS) is 22.8. The fraction of sp³-hybridized carbons (Fsp3) is 1.00. The van der Waals surface area contributed by atoms with Crippen molar-refractivity contribution < 1.29 is 8.42 Å². The highest BCUT2D eigenvalue weighted by Crippen LogP contribution is 1.95. The first kappa shape index (κ1) is 9.87. The van der Waals surface area contributed by atoms with Gasteiger partial charge in [0.05, 0.1) is 0 Å². The van der Waals surface area contributed by atoms with Crippen molar-refractivity contribution in [3.63, 3.8) is 0 Å². The molecule has 7 heteroatoms. The van der Waals surface area contributed by atoms with Crippen LogP contribution in [0.15, 0.2) is 0 Å². The van der Waals surface area contributed by atoms with Gasteiger partial charge in [-0.15, -0.1) is 4.83 Å². The predicted octanol–water partition coefficient (Wildman–Crippen LogP) is -2.06. The third-order valence-corrected chi connectivity index (χ3v) is 2.27. The summed E-state index contributed by atoms with van der Waals surface area (Å²) in [5.74, 6) is 0. The quantitative estimate of drug-likeness (QED) is 0.530. The Labute approximate surface area is 72.5 Å². The Morgan fingerprint density at radius 2 is 1.75 bits per heavy atom. The highest BCUT2D eigenvalue weighted by molar-refractivity contribution is 7.87. The number of rotatable bonds is 2. The van der Waals surface area contributed by atoms with Crippen LogP contribution in [0.1, 0.15) is 0 Å². The van der Waals surface area contributed by atoms with Crippen LogP contribution in [0, 0.1) is 0 Å². The SMILES string of the molecule is CN1CCN(NS(N)(=O)=O)CC1. The average Bonchev–Trinajstić information content (AvgIpc) is 1.91. The van der Waals surface area contributed by atoms with Gasteiger partial charge >= 0.3 is 0 Å². The lowest BCUT2D eigenvalue weighted by atomic mass is 10.4. The maximum absolute atomic E-state index is 10.6. The second-order valence-corrected chi connectivity index (χ2v) is 4.20. The lowest BCUT2D eigenvalue weighted by molar-refractivity contribution is 0.135. The average molecular weight is 194 g/mol. The number of likely N-dealkylation sites (N-methyl/N-ethyl adjacent to an activating group) is 1. The van der Waals surface area contributed by atoms with Crippen molar-refractivity contribution in [3.8, 4) is 0 Å². The van der Waals surface area contributed by atoms with Crippen LogP contribution in [0.2, 0.25) is 0 Å². The molecular formula is C5H14N4O2S. The molecule has 0 atom stereocenters. The second kappa shape index (κ2) is 3.67. The zero-order valence-corrected chi connectivity index (χ0v) is 7.84. The Kier molecular flexibility index (Phi) is 3.02. The van der Waals surface area contributed by atoms with Gasteiger partial charge in [0.15, 0.2) is 0 Å². The number of hydrazine groups is 1. The van der Waals surface area contributed by atoms with E-state index in [-0.39, 0.29) is 0 Å². The lowest BCUT2D eigenvalue weighted by Crippen LogP contribution is -2.53. The smallest absolute Gasteiger partial charge is 0.287 e. The molecule has 1 aliphatic heterocycles. The summed E-state index contributed by atoms with van der Waals surface area (Å²) in [6, 6.07) is 0. The van der Waals surface area contributed by atoms with Gasteiger partial charge in [0.25, 0.3) is 10.2 Å². The van der Waals surface area contributed by atoms with E-state index >= 15 is 0 Å². The van der Waals surface area contributed by atoms with Crippen LogP contribution in [-0.2, 0) is 10.2 Å². The molecule has 1 saturated heterocycles. The second-order valence-electron chi connectivity index (χ2n) is 2.93. The number of nitrogens with zero attached hydrogens (tertiary/aromatic N) is 2. The monoisotopic (exact) mass is 194 g/mol. The standard InChI is InChI=1S/C5H14N4O2S/c1-8-2-4-9(5-3-8)7-12(6,10)11/h7H,2-5H2,1H3,(H2,6,10,11). The van der Waals surface area contributed by atoms with Crippen LogP contribution in [0.3, 0.4) is 0 Å². The largest absolute Gasteiger partial charge is 0.304 e. The molecule has 0 aliphatic carbocycles. The van der Waals surface area contributed by atoms with Crippen LogP contribution in [0.4, 0.5) is 0 Å². The minimum Gasteiger partial charge on any atom is -0.304 e. The molecule has 72 valence electrons. The number of hydrogen-bond donors (Lipinski definition) is 2. The number of piperazine rings is 1. The first-order chi connectivity index (χ1) is 5.47. The van der Waals surface area contributed by atoms with Gasteiger partial charge in [-0.2, -0.15) is 8.42 Å². The molecule has 1 fully saturated rings. The summed E-state index contributed by atoms with van der Waals surface area (Å²) >= 11 is 0. The van der Waals surface area contributed by atoms with Crippen molar-refractivity contribution >= 4 is 10.2 Å². The maximum atomic E-state index is 10.6. The molecule has 12 heavy (non-hydrogen) atoms. The van der Waals surface area contributed by atoms with Gasteiger partial charge in [0, 0.05) is 26.2 Å². The van der Waals surface area contributed by atoms with Crippen LogP contribution >= 0.6 is 0 Å². The van der Waals surface area contributed by atoms with Crippen molar-refractivity contribution in [1.29, 1.82) is 0 Å². The topological polar surface area (TPSA) is 78.7 Å². The van der Waals surface area contributed by atoms with E-state index in [1.54, 1.807) is 5.01 Å². The molecule has 0 aromatic rings. The molecule has 0 spiro atoms. The van der Waals surface area contributed by atoms with Gasteiger partial charge in [-0.25, -0.2) is 10.1 Å². The molecule has 0 saturated carbocycles. The summed E-state index contributed by atoms with van der Waals surface area (Å²) < 4.78 is 21.2. The zero-order valence-electron chi connectivity index (χ0n) is 7.02. The van der Waals surface area contributed by atoms with Crippen molar-refractivity contribution in [2.45, 2.75) is 0 Å². The van der Waals surface area contributed by atoms with Crippen molar-refractivity contribution in [3.05, 3.63) is 0 Å². The third kappa shape index (κ3) is 3.46. The van der Waals surface area contributed by atoms with Crippen LogP contribution in [-0.4, -0.2) is 51.6 Å². The van der Waals surface area contributed by atoms with E-state index < -0.39 is 10.2 Å². The first-order valence-corrected chi connectivity index (χ1v) is 5.26. The molecular weight excluding hydrogens is 180 g/mol. The molecule has 0 bridgehead atoms. The van der Waals surface area contributed by atoms with Gasteiger partial charge < -0.3 is 4.90 Å². The molecule has 3 N–H and O–H groups in total. The minimum atomic E-state index is -3.58. The number of nitrogens with two attached hydrogens (primary N) is 1. The van der Waals surface area contributed by atoms with Gasteiger partial charge in [-0.05, 0) is 7.05 Å². The molecule has 0 aromatic heterocycles. The van der Waals surface area contributed by atoms with Crippen molar-refractivity contribution in [1.82, 2.24) is 14.7 Å². The van der Waals surface area contributed by atoms with Crippen LogP contribution in [0.25, 0.3) is 0 Å². The van der Waals surface area contributed by atoms with E-state index in [0.717, 1.165) is 13.1 Å². The molecule has 1 aliphatic rings. The Bertz CT molecular complexity index is 232. The van der Waals surface area contributed by atoms with E-state index in [9.17, 15) is 8.42 Å². The fourth-order valence-corrected chi connectivity index (χ4v) is 1.62. The maximum Gasteiger partial charge on any atom is 0.287 e. The first-order valence-electron chi connectivity index (χ1n) is 3.71. The van der Waals surface area contributed by atoms with Gasteiger partial charge in [-0.3, -0.25) is 0 Å². The van der Waals surface area contributed by atoms with E-state index in [0.29, 0.717) is 13.1 Å². The molecule has 1 rings (SSSR count). The van der Waals surface area contributed by atoms with Crippen molar-refractivity contribution in [2.75, 3.05) is 33.2 Å². The summed E-state index contributed by atoms with van der Waals surface area (Å²) in [4.78, 5) is 4.36. The van der Waals surface area contributed by atoms with E-state index in [1.165, 1.54) is 0 Å². The molecule has 0 amide bonds. The van der Waals surface area contributed by atoms with Crippen LogP contribution < -0.4 is 9.97 Å². The molecule has 0 aromatic carbocycles. The summed E-state index contributed by atoms with van der Waals surface area (Å²) in [6.07, 6.45) is 0.